The van der Waals surface area contributed by atoms with Crippen LogP contribution in [0.25, 0.3) is 0 Å². The molecular weight excluding hydrogens is 284 g/mol. The monoisotopic (exact) mass is 300 g/mol. The van der Waals surface area contributed by atoms with Crippen molar-refractivity contribution in [1.82, 2.24) is 20.0 Å². The lowest BCUT2D eigenvalue weighted by molar-refractivity contribution is 0.593. The normalized spacial score (nSPS) is 11.9. The van der Waals surface area contributed by atoms with Crippen LogP contribution in [-0.4, -0.2) is 28.4 Å². The first-order valence-corrected chi connectivity index (χ1v) is 8.75. The summed E-state index contributed by atoms with van der Waals surface area (Å²) in [6.07, 6.45) is 2.49. The number of aromatic nitrogens is 4. The second kappa shape index (κ2) is 5.79. The van der Waals surface area contributed by atoms with Gasteiger partial charge >= 0.3 is 0 Å². The molecule has 0 N–H and O–H groups in total. The predicted octanol–water partition coefficient (Wildman–Crippen LogP) is 1.43. The van der Waals surface area contributed by atoms with E-state index in [0.717, 1.165) is 11.4 Å². The van der Waals surface area contributed by atoms with Gasteiger partial charge in [0, 0.05) is 18.1 Å². The van der Waals surface area contributed by atoms with E-state index in [1.807, 2.05) is 13.8 Å². The standard InChI is InChI=1S/C11H16N4O2S2/c1-3-11-12-10(6-18-11)8-19(16,17)7-9-5-15(4-2)14-13-9/h5-6H,3-4,7-8H2,1-2H3. The largest absolute Gasteiger partial charge is 0.253 e. The summed E-state index contributed by atoms with van der Waals surface area (Å²) >= 11 is 1.50. The predicted molar refractivity (Wildman–Crippen MR) is 73.5 cm³/mol. The second-order valence-corrected chi connectivity index (χ2v) is 7.19. The highest BCUT2D eigenvalue weighted by Crippen LogP contribution is 2.15. The highest BCUT2D eigenvalue weighted by Gasteiger charge is 2.17. The van der Waals surface area contributed by atoms with E-state index in [9.17, 15) is 8.42 Å². The van der Waals surface area contributed by atoms with Crippen LogP contribution in [-0.2, 0) is 34.3 Å². The van der Waals surface area contributed by atoms with E-state index in [4.69, 9.17) is 0 Å². The third kappa shape index (κ3) is 3.84. The number of rotatable bonds is 6. The lowest BCUT2D eigenvalue weighted by atomic mass is 10.5. The molecule has 0 aliphatic rings. The summed E-state index contributed by atoms with van der Waals surface area (Å²) in [7, 11) is -3.25. The van der Waals surface area contributed by atoms with Crippen molar-refractivity contribution in [1.29, 1.82) is 0 Å². The molecule has 2 aromatic heterocycles. The Kier molecular flexibility index (Phi) is 4.31. The number of sulfone groups is 1. The Balaban J connectivity index is 2.05. The molecule has 104 valence electrons. The SMILES string of the molecule is CCc1nc(CS(=O)(=O)Cc2cn(CC)nn2)cs1. The van der Waals surface area contributed by atoms with Crippen molar-refractivity contribution in [3.8, 4) is 0 Å². The van der Waals surface area contributed by atoms with Crippen molar-refractivity contribution in [2.24, 2.45) is 0 Å². The van der Waals surface area contributed by atoms with Crippen LogP contribution >= 0.6 is 11.3 Å². The minimum absolute atomic E-state index is 0.0392. The number of thiazole rings is 1. The zero-order chi connectivity index (χ0) is 13.9. The summed E-state index contributed by atoms with van der Waals surface area (Å²) in [5.74, 6) is -0.130. The smallest absolute Gasteiger partial charge is 0.161 e. The summed E-state index contributed by atoms with van der Waals surface area (Å²) in [6.45, 7) is 4.60. The maximum Gasteiger partial charge on any atom is 0.161 e. The molecule has 0 fully saturated rings. The molecule has 0 aliphatic heterocycles. The third-order valence-corrected chi connectivity index (χ3v) is 5.06. The van der Waals surface area contributed by atoms with Gasteiger partial charge in [0.05, 0.1) is 27.9 Å². The molecule has 0 saturated heterocycles. The Hall–Kier alpha value is -1.28. The first-order valence-electron chi connectivity index (χ1n) is 6.05. The van der Waals surface area contributed by atoms with Gasteiger partial charge < -0.3 is 0 Å². The van der Waals surface area contributed by atoms with Gasteiger partial charge in [0.15, 0.2) is 9.84 Å². The fraction of sp³-hybridized carbons (Fsp3) is 0.545. The zero-order valence-electron chi connectivity index (χ0n) is 10.9. The third-order valence-electron chi connectivity index (χ3n) is 2.55. The van der Waals surface area contributed by atoms with Gasteiger partial charge in [-0.3, -0.25) is 4.68 Å². The maximum atomic E-state index is 12.1. The maximum absolute atomic E-state index is 12.1. The van der Waals surface area contributed by atoms with Gasteiger partial charge in [0.2, 0.25) is 0 Å². The molecule has 2 heterocycles. The lowest BCUT2D eigenvalue weighted by Gasteiger charge is -1.99. The Morgan fingerprint density at radius 2 is 2.00 bits per heavy atom. The Bertz CT molecular complexity index is 595. The van der Waals surface area contributed by atoms with Gasteiger partial charge in [-0.2, -0.15) is 0 Å². The molecule has 19 heavy (non-hydrogen) atoms. The molecule has 0 bridgehead atoms. The van der Waals surface area contributed by atoms with Crippen LogP contribution < -0.4 is 0 Å². The Labute approximate surface area is 116 Å². The van der Waals surface area contributed by atoms with Crippen molar-refractivity contribution < 1.29 is 8.42 Å². The molecule has 2 aromatic rings. The molecule has 0 aromatic carbocycles. The zero-order valence-corrected chi connectivity index (χ0v) is 12.5. The molecule has 0 radical (unpaired) electrons. The van der Waals surface area contributed by atoms with Crippen LogP contribution in [0.4, 0.5) is 0 Å². The molecule has 0 saturated carbocycles. The van der Waals surface area contributed by atoms with Crippen LogP contribution in [0.15, 0.2) is 11.6 Å². The molecule has 0 amide bonds. The van der Waals surface area contributed by atoms with Gasteiger partial charge in [0.25, 0.3) is 0 Å². The van der Waals surface area contributed by atoms with Gasteiger partial charge in [-0.05, 0) is 13.3 Å². The van der Waals surface area contributed by atoms with E-state index < -0.39 is 9.84 Å². The van der Waals surface area contributed by atoms with Crippen molar-refractivity contribution in [2.75, 3.05) is 0 Å². The highest BCUT2D eigenvalue weighted by molar-refractivity contribution is 7.89. The average molecular weight is 300 g/mol. The van der Waals surface area contributed by atoms with E-state index in [1.54, 1.807) is 16.3 Å². The first kappa shape index (κ1) is 14.1. The van der Waals surface area contributed by atoms with Crippen LogP contribution in [0, 0.1) is 0 Å². The molecule has 2 rings (SSSR count). The molecule has 0 unspecified atom stereocenters. The lowest BCUT2D eigenvalue weighted by Crippen LogP contribution is -2.08. The van der Waals surface area contributed by atoms with Crippen LogP contribution in [0.1, 0.15) is 30.2 Å². The van der Waals surface area contributed by atoms with Crippen molar-refractivity contribution in [2.45, 2.75) is 38.3 Å². The van der Waals surface area contributed by atoms with Gasteiger partial charge in [-0.15, -0.1) is 16.4 Å². The molecular formula is C11H16N4O2S2. The summed E-state index contributed by atoms with van der Waals surface area (Å²) in [5, 5.41) is 10.4. The number of nitrogens with zero attached hydrogens (tertiary/aromatic N) is 4. The topological polar surface area (TPSA) is 77.7 Å². The molecule has 6 nitrogen and oxygen atoms in total. The van der Waals surface area contributed by atoms with E-state index in [1.165, 1.54) is 11.3 Å². The van der Waals surface area contributed by atoms with E-state index in [2.05, 4.69) is 15.3 Å². The molecule has 0 aliphatic carbocycles. The Morgan fingerprint density at radius 1 is 1.26 bits per heavy atom. The van der Waals surface area contributed by atoms with Crippen molar-refractivity contribution >= 4 is 21.2 Å². The second-order valence-electron chi connectivity index (χ2n) is 4.18. The highest BCUT2D eigenvalue weighted by atomic mass is 32.2. The molecule has 0 spiro atoms. The summed E-state index contributed by atoms with van der Waals surface area (Å²) in [6, 6.07) is 0. The average Bonchev–Trinajstić information content (AvgIpc) is 2.97. The Morgan fingerprint density at radius 3 is 2.58 bits per heavy atom. The van der Waals surface area contributed by atoms with Crippen LogP contribution in [0.3, 0.4) is 0 Å². The number of aryl methyl sites for hydroxylation is 2. The fourth-order valence-corrected chi connectivity index (χ4v) is 3.77. The molecule has 8 heteroatoms. The number of hydrogen-bond acceptors (Lipinski definition) is 6. The minimum atomic E-state index is -3.25. The van der Waals surface area contributed by atoms with E-state index >= 15 is 0 Å². The van der Waals surface area contributed by atoms with Crippen LogP contribution in [0.2, 0.25) is 0 Å². The van der Waals surface area contributed by atoms with Crippen molar-refractivity contribution in [3.05, 3.63) is 28.0 Å². The van der Waals surface area contributed by atoms with Gasteiger partial charge in [-0.25, -0.2) is 13.4 Å². The number of hydrogen-bond donors (Lipinski definition) is 0. The van der Waals surface area contributed by atoms with Crippen molar-refractivity contribution in [3.63, 3.8) is 0 Å². The first-order chi connectivity index (χ1) is 9.02. The van der Waals surface area contributed by atoms with Gasteiger partial charge in [0.1, 0.15) is 0 Å². The summed E-state index contributed by atoms with van der Waals surface area (Å²) in [4.78, 5) is 4.28. The van der Waals surface area contributed by atoms with Gasteiger partial charge in [-0.1, -0.05) is 12.1 Å². The van der Waals surface area contributed by atoms with E-state index in [-0.39, 0.29) is 11.5 Å². The van der Waals surface area contributed by atoms with Crippen LogP contribution in [0.5, 0.6) is 0 Å². The van der Waals surface area contributed by atoms with E-state index in [0.29, 0.717) is 17.9 Å². The summed E-state index contributed by atoms with van der Waals surface area (Å²) < 4.78 is 25.7. The minimum Gasteiger partial charge on any atom is -0.253 e. The molecule has 0 atom stereocenters. The summed E-state index contributed by atoms with van der Waals surface area (Å²) in [5.41, 5.74) is 1.09. The fourth-order valence-electron chi connectivity index (χ4n) is 1.64. The quantitative estimate of drug-likeness (QED) is 0.806.